The highest BCUT2D eigenvalue weighted by Crippen LogP contribution is 2.39. The van der Waals surface area contributed by atoms with Crippen molar-refractivity contribution in [3.05, 3.63) is 60.7 Å². The third kappa shape index (κ3) is 4.05. The zero-order chi connectivity index (χ0) is 17.9. The van der Waals surface area contributed by atoms with Crippen molar-refractivity contribution in [2.24, 2.45) is 0 Å². The molecule has 3 aromatic rings. The van der Waals surface area contributed by atoms with Crippen molar-refractivity contribution in [2.45, 2.75) is 29.1 Å². The van der Waals surface area contributed by atoms with Gasteiger partial charge < -0.3 is 4.52 Å². The zero-order valence-electron chi connectivity index (χ0n) is 13.8. The Balaban J connectivity index is 2.05. The van der Waals surface area contributed by atoms with Gasteiger partial charge in [0.2, 0.25) is 5.09 Å². The van der Waals surface area contributed by atoms with E-state index in [2.05, 4.69) is 9.88 Å². The average Bonchev–Trinajstić information content (AvgIpc) is 2.98. The van der Waals surface area contributed by atoms with E-state index < -0.39 is 10.0 Å². The average molecular weight is 374 g/mol. The minimum Gasteiger partial charge on any atom is -0.347 e. The maximum Gasteiger partial charge on any atom is 0.262 e. The van der Waals surface area contributed by atoms with Gasteiger partial charge >= 0.3 is 0 Å². The first-order chi connectivity index (χ1) is 12.0. The molecule has 25 heavy (non-hydrogen) atoms. The van der Waals surface area contributed by atoms with Gasteiger partial charge in [0.05, 0.1) is 4.90 Å². The molecular weight excluding hydrogens is 356 g/mol. The number of thioether (sulfide) groups is 1. The molecule has 0 amide bonds. The highest BCUT2D eigenvalue weighted by atomic mass is 32.2. The number of nitrogens with one attached hydrogen (secondary N) is 1. The van der Waals surface area contributed by atoms with Gasteiger partial charge in [-0.2, -0.15) is 0 Å². The monoisotopic (exact) mass is 374 g/mol. The van der Waals surface area contributed by atoms with Crippen molar-refractivity contribution in [1.29, 1.82) is 0 Å². The second-order valence-corrected chi connectivity index (χ2v) is 8.88. The third-order valence-electron chi connectivity index (χ3n) is 3.34. The van der Waals surface area contributed by atoms with Gasteiger partial charge in [-0.05, 0) is 12.1 Å². The Morgan fingerprint density at radius 1 is 1.00 bits per heavy atom. The highest BCUT2D eigenvalue weighted by Gasteiger charge is 2.24. The Labute approximate surface area is 151 Å². The summed E-state index contributed by atoms with van der Waals surface area (Å²) in [5.74, 6) is 0. The Hall–Kier alpha value is -2.25. The van der Waals surface area contributed by atoms with Crippen molar-refractivity contribution in [3.8, 4) is 11.3 Å². The minimum absolute atomic E-state index is 0.190. The van der Waals surface area contributed by atoms with E-state index in [-0.39, 0.29) is 10.1 Å². The summed E-state index contributed by atoms with van der Waals surface area (Å²) in [7, 11) is -3.74. The summed E-state index contributed by atoms with van der Waals surface area (Å²) >= 11 is 1.42. The molecule has 0 radical (unpaired) electrons. The Kier molecular flexibility index (Phi) is 5.15. The van der Waals surface area contributed by atoms with E-state index >= 15 is 0 Å². The highest BCUT2D eigenvalue weighted by molar-refractivity contribution is 8.00. The molecule has 0 saturated heterocycles. The van der Waals surface area contributed by atoms with E-state index in [4.69, 9.17) is 4.52 Å². The lowest BCUT2D eigenvalue weighted by Crippen LogP contribution is -2.13. The van der Waals surface area contributed by atoms with Gasteiger partial charge in [0.25, 0.3) is 10.0 Å². The molecule has 0 spiro atoms. The molecule has 0 fully saturated rings. The molecule has 3 rings (SSSR count). The predicted octanol–water partition coefficient (Wildman–Crippen LogP) is 4.64. The van der Waals surface area contributed by atoms with Crippen molar-refractivity contribution in [3.63, 3.8) is 0 Å². The summed E-state index contributed by atoms with van der Waals surface area (Å²) in [6.45, 7) is 4.01. The number of hydrogen-bond acceptors (Lipinski definition) is 5. The predicted molar refractivity (Wildman–Crippen MR) is 100 cm³/mol. The van der Waals surface area contributed by atoms with Crippen molar-refractivity contribution in [1.82, 2.24) is 5.16 Å². The smallest absolute Gasteiger partial charge is 0.262 e. The van der Waals surface area contributed by atoms with E-state index in [0.717, 1.165) is 5.56 Å². The maximum absolute atomic E-state index is 12.7. The van der Waals surface area contributed by atoms with Crippen LogP contribution in [0.5, 0.6) is 0 Å². The summed E-state index contributed by atoms with van der Waals surface area (Å²) in [4.78, 5) is 0.190. The van der Waals surface area contributed by atoms with Gasteiger partial charge in [-0.1, -0.05) is 79.3 Å². The Morgan fingerprint density at radius 2 is 1.60 bits per heavy atom. The summed E-state index contributed by atoms with van der Waals surface area (Å²) in [6, 6.07) is 17.6. The molecule has 1 aromatic heterocycles. The first-order valence-electron chi connectivity index (χ1n) is 7.77. The van der Waals surface area contributed by atoms with Crippen LogP contribution in [0, 0.1) is 0 Å². The molecule has 0 saturated carbocycles. The molecule has 0 atom stereocenters. The number of aromatic nitrogens is 1. The van der Waals surface area contributed by atoms with Crippen LogP contribution in [-0.4, -0.2) is 18.8 Å². The number of benzene rings is 2. The van der Waals surface area contributed by atoms with Crippen LogP contribution in [0.15, 0.2) is 75.2 Å². The van der Waals surface area contributed by atoms with Gasteiger partial charge in [0.15, 0.2) is 0 Å². The van der Waals surface area contributed by atoms with Gasteiger partial charge in [0.1, 0.15) is 11.4 Å². The molecule has 2 aromatic carbocycles. The first-order valence-corrected chi connectivity index (χ1v) is 10.1. The fourth-order valence-electron chi connectivity index (χ4n) is 2.25. The molecule has 7 heteroatoms. The van der Waals surface area contributed by atoms with Crippen LogP contribution < -0.4 is 4.72 Å². The van der Waals surface area contributed by atoms with Gasteiger partial charge in [-0.3, -0.25) is 4.72 Å². The van der Waals surface area contributed by atoms with Crippen LogP contribution in [0.3, 0.4) is 0 Å². The zero-order valence-corrected chi connectivity index (χ0v) is 15.5. The van der Waals surface area contributed by atoms with E-state index in [9.17, 15) is 8.42 Å². The van der Waals surface area contributed by atoms with Crippen molar-refractivity contribution in [2.75, 3.05) is 4.72 Å². The molecule has 5 nitrogen and oxygen atoms in total. The summed E-state index contributed by atoms with van der Waals surface area (Å²) < 4.78 is 33.5. The standard InChI is InChI=1S/C18H18N2O3S2/c1-13(2)24-18-17(16(19-23-18)14-9-5-3-6-10-14)20-25(21,22)15-11-7-4-8-12-15/h3-13,20H,1-2H3. The third-order valence-corrected chi connectivity index (χ3v) is 5.67. The lowest BCUT2D eigenvalue weighted by atomic mass is 10.1. The summed E-state index contributed by atoms with van der Waals surface area (Å²) in [6.07, 6.45) is 0. The molecule has 0 aliphatic heterocycles. The second-order valence-electron chi connectivity index (χ2n) is 5.64. The van der Waals surface area contributed by atoms with Crippen LogP contribution in [0.4, 0.5) is 5.69 Å². The quantitative estimate of drug-likeness (QED) is 0.636. The van der Waals surface area contributed by atoms with Crippen LogP contribution in [-0.2, 0) is 10.0 Å². The maximum atomic E-state index is 12.7. The van der Waals surface area contributed by atoms with Crippen molar-refractivity contribution >= 4 is 27.5 Å². The molecule has 0 bridgehead atoms. The van der Waals surface area contributed by atoms with E-state index in [1.807, 2.05) is 44.2 Å². The van der Waals surface area contributed by atoms with Crippen LogP contribution >= 0.6 is 11.8 Å². The molecular formula is C18H18N2O3S2. The van der Waals surface area contributed by atoms with Crippen molar-refractivity contribution < 1.29 is 12.9 Å². The Bertz CT molecular complexity index is 937. The largest absolute Gasteiger partial charge is 0.347 e. The molecule has 0 aliphatic carbocycles. The molecule has 1 N–H and O–H groups in total. The normalized spacial score (nSPS) is 11.6. The molecule has 130 valence electrons. The lowest BCUT2D eigenvalue weighted by Gasteiger charge is -2.10. The van der Waals surface area contributed by atoms with E-state index in [0.29, 0.717) is 16.5 Å². The van der Waals surface area contributed by atoms with E-state index in [1.54, 1.807) is 30.3 Å². The molecule has 0 unspecified atom stereocenters. The first kappa shape index (κ1) is 17.6. The lowest BCUT2D eigenvalue weighted by molar-refractivity contribution is 0.352. The summed E-state index contributed by atoms with van der Waals surface area (Å²) in [5.41, 5.74) is 1.63. The fraction of sp³-hybridized carbons (Fsp3) is 0.167. The molecule has 0 aliphatic rings. The summed E-state index contributed by atoms with van der Waals surface area (Å²) in [5, 5.41) is 4.77. The number of rotatable bonds is 6. The number of anilines is 1. The Morgan fingerprint density at radius 3 is 2.20 bits per heavy atom. The topological polar surface area (TPSA) is 72.2 Å². The number of hydrogen-bond donors (Lipinski definition) is 1. The van der Waals surface area contributed by atoms with Crippen LogP contribution in [0.2, 0.25) is 0 Å². The number of nitrogens with zero attached hydrogens (tertiary/aromatic N) is 1. The van der Waals surface area contributed by atoms with Gasteiger partial charge in [-0.15, -0.1) is 0 Å². The fourth-order valence-corrected chi connectivity index (χ4v) is 4.18. The SMILES string of the molecule is CC(C)Sc1onc(-c2ccccc2)c1NS(=O)(=O)c1ccccc1. The minimum atomic E-state index is -3.74. The van der Waals surface area contributed by atoms with Gasteiger partial charge in [0, 0.05) is 10.8 Å². The molecule has 1 heterocycles. The number of sulfonamides is 1. The van der Waals surface area contributed by atoms with Crippen LogP contribution in [0.1, 0.15) is 13.8 Å². The van der Waals surface area contributed by atoms with E-state index in [1.165, 1.54) is 11.8 Å². The van der Waals surface area contributed by atoms with Crippen LogP contribution in [0.25, 0.3) is 11.3 Å². The second kappa shape index (κ2) is 7.33. The van der Waals surface area contributed by atoms with Gasteiger partial charge in [-0.25, -0.2) is 8.42 Å².